The SMILES string of the molecule is CCSCCC(C)NC(=O)Nc1ccc(I)cc1C(=O)O. The maximum atomic E-state index is 11.9. The number of carboxylic acid groups (broad SMARTS) is 1. The first kappa shape index (κ1) is 18.1. The van der Waals surface area contributed by atoms with Gasteiger partial charge in [0.05, 0.1) is 11.3 Å². The number of carbonyl (C=O) groups is 2. The van der Waals surface area contributed by atoms with Crippen LogP contribution in [0.5, 0.6) is 0 Å². The number of aromatic carboxylic acids is 1. The van der Waals surface area contributed by atoms with Crippen LogP contribution in [0.3, 0.4) is 0 Å². The first-order valence-electron chi connectivity index (χ1n) is 6.62. The molecule has 1 atom stereocenters. The lowest BCUT2D eigenvalue weighted by atomic mass is 10.2. The van der Waals surface area contributed by atoms with E-state index in [1.54, 1.807) is 12.1 Å². The molecule has 3 N–H and O–H groups in total. The Morgan fingerprint density at radius 2 is 2.14 bits per heavy atom. The van der Waals surface area contributed by atoms with Gasteiger partial charge in [-0.25, -0.2) is 9.59 Å². The summed E-state index contributed by atoms with van der Waals surface area (Å²) in [5.41, 5.74) is 0.391. The molecule has 1 rings (SSSR count). The molecule has 7 heteroatoms. The molecule has 0 spiro atoms. The quantitative estimate of drug-likeness (QED) is 0.463. The van der Waals surface area contributed by atoms with Crippen molar-refractivity contribution in [3.63, 3.8) is 0 Å². The van der Waals surface area contributed by atoms with Gasteiger partial charge < -0.3 is 15.7 Å². The molecule has 0 saturated carbocycles. The summed E-state index contributed by atoms with van der Waals surface area (Å²) < 4.78 is 0.806. The van der Waals surface area contributed by atoms with Crippen molar-refractivity contribution < 1.29 is 14.7 Å². The number of nitrogens with one attached hydrogen (secondary N) is 2. The first-order valence-corrected chi connectivity index (χ1v) is 8.85. The Labute approximate surface area is 142 Å². The number of urea groups is 1. The Morgan fingerprint density at radius 3 is 2.76 bits per heavy atom. The maximum Gasteiger partial charge on any atom is 0.337 e. The van der Waals surface area contributed by atoms with Crippen LogP contribution in [0.15, 0.2) is 18.2 Å². The van der Waals surface area contributed by atoms with Gasteiger partial charge in [-0.1, -0.05) is 6.92 Å². The van der Waals surface area contributed by atoms with Gasteiger partial charge in [0.1, 0.15) is 0 Å². The molecular formula is C14H19IN2O3S. The summed E-state index contributed by atoms with van der Waals surface area (Å²) in [6.45, 7) is 4.03. The minimum atomic E-state index is -1.06. The molecule has 0 radical (unpaired) electrons. The highest BCUT2D eigenvalue weighted by atomic mass is 127. The molecule has 0 aliphatic carbocycles. The van der Waals surface area contributed by atoms with Gasteiger partial charge in [0.2, 0.25) is 0 Å². The lowest BCUT2D eigenvalue weighted by molar-refractivity contribution is 0.0698. The molecular weight excluding hydrogens is 403 g/mol. The molecule has 1 aromatic carbocycles. The van der Waals surface area contributed by atoms with Gasteiger partial charge in [-0.15, -0.1) is 0 Å². The van der Waals surface area contributed by atoms with Gasteiger partial charge in [-0.2, -0.15) is 11.8 Å². The number of hydrogen-bond acceptors (Lipinski definition) is 3. The summed E-state index contributed by atoms with van der Waals surface area (Å²) in [7, 11) is 0. The zero-order chi connectivity index (χ0) is 15.8. The average Bonchev–Trinajstić information content (AvgIpc) is 2.40. The molecule has 0 aliphatic heterocycles. The van der Waals surface area contributed by atoms with E-state index < -0.39 is 5.97 Å². The van der Waals surface area contributed by atoms with Crippen LogP contribution in [0.1, 0.15) is 30.6 Å². The van der Waals surface area contributed by atoms with Crippen LogP contribution in [0.25, 0.3) is 0 Å². The minimum Gasteiger partial charge on any atom is -0.478 e. The monoisotopic (exact) mass is 422 g/mol. The molecule has 1 unspecified atom stereocenters. The normalized spacial score (nSPS) is 11.8. The molecule has 0 aromatic heterocycles. The predicted octanol–water partition coefficient (Wildman–Crippen LogP) is 3.64. The molecule has 5 nitrogen and oxygen atoms in total. The molecule has 116 valence electrons. The largest absolute Gasteiger partial charge is 0.478 e. The highest BCUT2D eigenvalue weighted by molar-refractivity contribution is 14.1. The maximum absolute atomic E-state index is 11.9. The fourth-order valence-electron chi connectivity index (χ4n) is 1.66. The van der Waals surface area contributed by atoms with Crippen molar-refractivity contribution in [2.75, 3.05) is 16.8 Å². The van der Waals surface area contributed by atoms with Crippen molar-refractivity contribution in [1.29, 1.82) is 0 Å². The number of thioether (sulfide) groups is 1. The third-order valence-electron chi connectivity index (χ3n) is 2.74. The minimum absolute atomic E-state index is 0.0428. The second-order valence-corrected chi connectivity index (χ2v) is 7.12. The zero-order valence-electron chi connectivity index (χ0n) is 12.0. The van der Waals surface area contributed by atoms with Crippen LogP contribution in [0, 0.1) is 3.57 Å². The van der Waals surface area contributed by atoms with Crippen molar-refractivity contribution in [3.05, 3.63) is 27.3 Å². The van der Waals surface area contributed by atoms with E-state index in [2.05, 4.69) is 17.6 Å². The Balaban J connectivity index is 2.60. The van der Waals surface area contributed by atoms with E-state index >= 15 is 0 Å². The van der Waals surface area contributed by atoms with Crippen molar-refractivity contribution >= 4 is 52.0 Å². The number of hydrogen-bond donors (Lipinski definition) is 3. The smallest absolute Gasteiger partial charge is 0.337 e. The Bertz CT molecular complexity index is 511. The molecule has 0 heterocycles. The fraction of sp³-hybridized carbons (Fsp3) is 0.429. The van der Waals surface area contributed by atoms with E-state index in [1.807, 2.05) is 41.3 Å². The van der Waals surface area contributed by atoms with Gasteiger partial charge in [0.25, 0.3) is 0 Å². The molecule has 0 bridgehead atoms. The first-order chi connectivity index (χ1) is 9.93. The number of carboxylic acids is 1. The van der Waals surface area contributed by atoms with Crippen molar-refractivity contribution in [1.82, 2.24) is 5.32 Å². The van der Waals surface area contributed by atoms with Crippen LogP contribution in [-0.2, 0) is 0 Å². The fourth-order valence-corrected chi connectivity index (χ4v) is 2.96. The number of benzene rings is 1. The second kappa shape index (κ2) is 9.14. The summed E-state index contributed by atoms with van der Waals surface area (Å²) in [6, 6.07) is 4.54. The highest BCUT2D eigenvalue weighted by Gasteiger charge is 2.14. The number of rotatable bonds is 7. The van der Waals surface area contributed by atoms with Crippen LogP contribution < -0.4 is 10.6 Å². The average molecular weight is 422 g/mol. The van der Waals surface area contributed by atoms with Gasteiger partial charge in [-0.05, 0) is 65.6 Å². The topological polar surface area (TPSA) is 78.4 Å². The van der Waals surface area contributed by atoms with Crippen LogP contribution in [0.2, 0.25) is 0 Å². The van der Waals surface area contributed by atoms with E-state index in [9.17, 15) is 9.59 Å². The Kier molecular flexibility index (Phi) is 7.87. The van der Waals surface area contributed by atoms with Crippen molar-refractivity contribution in [2.45, 2.75) is 26.3 Å². The lowest BCUT2D eigenvalue weighted by Gasteiger charge is -2.15. The van der Waals surface area contributed by atoms with Crippen LogP contribution in [-0.4, -0.2) is 34.7 Å². The summed E-state index contributed by atoms with van der Waals surface area (Å²) in [4.78, 5) is 23.1. The lowest BCUT2D eigenvalue weighted by Crippen LogP contribution is -2.36. The summed E-state index contributed by atoms with van der Waals surface area (Å²) in [5, 5.41) is 14.6. The third kappa shape index (κ3) is 6.56. The predicted molar refractivity (Wildman–Crippen MR) is 95.4 cm³/mol. The Hall–Kier alpha value is -0.960. The van der Waals surface area contributed by atoms with E-state index in [0.717, 1.165) is 21.5 Å². The standard InChI is InChI=1S/C14H19IN2O3S/c1-3-21-7-6-9(2)16-14(20)17-12-5-4-10(15)8-11(12)13(18)19/h4-5,8-9H,3,6-7H2,1-2H3,(H,18,19)(H2,16,17,20). The third-order valence-corrected chi connectivity index (χ3v) is 4.34. The molecule has 0 fully saturated rings. The van der Waals surface area contributed by atoms with Crippen molar-refractivity contribution in [2.24, 2.45) is 0 Å². The summed E-state index contributed by atoms with van der Waals surface area (Å²) in [5.74, 6) is 0.988. The van der Waals surface area contributed by atoms with E-state index in [0.29, 0.717) is 5.69 Å². The molecule has 0 saturated heterocycles. The number of carbonyl (C=O) groups excluding carboxylic acids is 1. The molecule has 0 aliphatic rings. The van der Waals surface area contributed by atoms with E-state index in [4.69, 9.17) is 5.11 Å². The van der Waals surface area contributed by atoms with E-state index in [-0.39, 0.29) is 17.6 Å². The second-order valence-electron chi connectivity index (χ2n) is 4.48. The van der Waals surface area contributed by atoms with Gasteiger partial charge >= 0.3 is 12.0 Å². The van der Waals surface area contributed by atoms with Gasteiger partial charge in [0.15, 0.2) is 0 Å². The highest BCUT2D eigenvalue weighted by Crippen LogP contribution is 2.19. The van der Waals surface area contributed by atoms with E-state index in [1.165, 1.54) is 6.07 Å². The summed E-state index contributed by atoms with van der Waals surface area (Å²) >= 11 is 3.86. The number of anilines is 1. The molecule has 1 aromatic rings. The van der Waals surface area contributed by atoms with Gasteiger partial charge in [0, 0.05) is 9.61 Å². The van der Waals surface area contributed by atoms with Crippen molar-refractivity contribution in [3.8, 4) is 0 Å². The number of halogens is 1. The van der Waals surface area contributed by atoms with Crippen LogP contribution in [0.4, 0.5) is 10.5 Å². The van der Waals surface area contributed by atoms with Gasteiger partial charge in [-0.3, -0.25) is 0 Å². The Morgan fingerprint density at radius 1 is 1.43 bits per heavy atom. The van der Waals surface area contributed by atoms with Crippen LogP contribution >= 0.6 is 34.4 Å². The number of amides is 2. The summed E-state index contributed by atoms with van der Waals surface area (Å²) in [6.07, 6.45) is 0.879. The molecule has 21 heavy (non-hydrogen) atoms. The molecule has 2 amide bonds. The zero-order valence-corrected chi connectivity index (χ0v) is 15.0.